The van der Waals surface area contributed by atoms with Gasteiger partial charge >= 0.3 is 0 Å². The molecular formula is C11H12N2O. The van der Waals surface area contributed by atoms with E-state index in [1.54, 1.807) is 0 Å². The third-order valence-electron chi connectivity index (χ3n) is 2.82. The zero-order valence-corrected chi connectivity index (χ0v) is 7.86. The maximum Gasteiger partial charge on any atom is 0.177 e. The van der Waals surface area contributed by atoms with E-state index in [0.29, 0.717) is 6.04 Å². The van der Waals surface area contributed by atoms with Crippen LogP contribution in [0.15, 0.2) is 28.8 Å². The number of benzene rings is 1. The van der Waals surface area contributed by atoms with Gasteiger partial charge in [0.05, 0.1) is 5.39 Å². The Labute approximate surface area is 82.1 Å². The van der Waals surface area contributed by atoms with E-state index >= 15 is 0 Å². The second-order valence-corrected chi connectivity index (χ2v) is 3.80. The minimum Gasteiger partial charge on any atom is -0.364 e. The van der Waals surface area contributed by atoms with Crippen molar-refractivity contribution in [3.8, 4) is 0 Å². The molecule has 0 spiro atoms. The van der Waals surface area contributed by atoms with E-state index in [9.17, 15) is 0 Å². The first-order valence-electron chi connectivity index (χ1n) is 5.04. The number of fused-ring (bicyclic) bond motifs is 1. The van der Waals surface area contributed by atoms with Gasteiger partial charge in [0.25, 0.3) is 0 Å². The summed E-state index contributed by atoms with van der Waals surface area (Å²) in [6.07, 6.45) is 3.83. The van der Waals surface area contributed by atoms with Crippen molar-refractivity contribution >= 4 is 16.8 Å². The summed E-state index contributed by atoms with van der Waals surface area (Å²) in [5, 5.41) is 8.51. The number of nitrogens with zero attached hydrogens (tertiary/aromatic N) is 1. The quantitative estimate of drug-likeness (QED) is 0.787. The van der Waals surface area contributed by atoms with Crippen molar-refractivity contribution in [3.63, 3.8) is 0 Å². The third-order valence-corrected chi connectivity index (χ3v) is 2.82. The van der Waals surface area contributed by atoms with E-state index < -0.39 is 0 Å². The Morgan fingerprint density at radius 3 is 2.93 bits per heavy atom. The number of anilines is 1. The molecule has 0 aliphatic heterocycles. The van der Waals surface area contributed by atoms with Gasteiger partial charge in [-0.1, -0.05) is 17.3 Å². The van der Waals surface area contributed by atoms with Gasteiger partial charge in [-0.3, -0.25) is 0 Å². The van der Waals surface area contributed by atoms with Gasteiger partial charge in [0.1, 0.15) is 0 Å². The molecule has 1 fully saturated rings. The van der Waals surface area contributed by atoms with E-state index in [1.165, 1.54) is 19.3 Å². The molecule has 2 aromatic rings. The Bertz CT molecular complexity index is 445. The van der Waals surface area contributed by atoms with Gasteiger partial charge in [-0.05, 0) is 31.4 Å². The molecule has 1 aromatic carbocycles. The predicted octanol–water partition coefficient (Wildman–Crippen LogP) is 2.79. The van der Waals surface area contributed by atoms with Gasteiger partial charge in [-0.15, -0.1) is 0 Å². The molecular weight excluding hydrogens is 176 g/mol. The lowest BCUT2D eigenvalue weighted by molar-refractivity contribution is 0.430. The molecule has 14 heavy (non-hydrogen) atoms. The van der Waals surface area contributed by atoms with Crippen molar-refractivity contribution in [1.82, 2.24) is 5.16 Å². The molecule has 0 saturated heterocycles. The number of nitrogens with one attached hydrogen (secondary N) is 1. The molecule has 1 aromatic heterocycles. The molecule has 0 radical (unpaired) electrons. The number of aromatic nitrogens is 1. The lowest BCUT2D eigenvalue weighted by Gasteiger charge is -2.26. The molecule has 1 aliphatic rings. The summed E-state index contributed by atoms with van der Waals surface area (Å²) in [5.41, 5.74) is 0.856. The topological polar surface area (TPSA) is 38.1 Å². The summed E-state index contributed by atoms with van der Waals surface area (Å²) < 4.78 is 5.21. The summed E-state index contributed by atoms with van der Waals surface area (Å²) in [7, 11) is 0. The Kier molecular flexibility index (Phi) is 1.69. The van der Waals surface area contributed by atoms with Crippen molar-refractivity contribution in [2.24, 2.45) is 0 Å². The molecule has 0 unspecified atom stereocenters. The normalized spacial score (nSPS) is 16.9. The molecule has 3 rings (SSSR count). The highest BCUT2D eigenvalue weighted by Gasteiger charge is 2.19. The molecule has 1 saturated carbocycles. The highest BCUT2D eigenvalue weighted by molar-refractivity contribution is 5.87. The lowest BCUT2D eigenvalue weighted by atomic mass is 9.93. The predicted molar refractivity (Wildman–Crippen MR) is 55.3 cm³/mol. The average molecular weight is 188 g/mol. The van der Waals surface area contributed by atoms with Gasteiger partial charge in [0, 0.05) is 6.04 Å². The van der Waals surface area contributed by atoms with Crippen molar-refractivity contribution in [2.45, 2.75) is 25.3 Å². The molecule has 0 bridgehead atoms. The van der Waals surface area contributed by atoms with Gasteiger partial charge < -0.3 is 9.84 Å². The fourth-order valence-electron chi connectivity index (χ4n) is 1.74. The van der Waals surface area contributed by atoms with Crippen molar-refractivity contribution in [3.05, 3.63) is 24.3 Å². The van der Waals surface area contributed by atoms with Crippen LogP contribution in [0, 0.1) is 0 Å². The van der Waals surface area contributed by atoms with Crippen LogP contribution in [0.2, 0.25) is 0 Å². The molecule has 0 atom stereocenters. The van der Waals surface area contributed by atoms with Crippen LogP contribution in [0.5, 0.6) is 0 Å². The second kappa shape index (κ2) is 3.01. The highest BCUT2D eigenvalue weighted by Crippen LogP contribution is 2.27. The van der Waals surface area contributed by atoms with Crippen LogP contribution in [0.1, 0.15) is 19.3 Å². The Morgan fingerprint density at radius 1 is 1.29 bits per heavy atom. The number of hydrogen-bond acceptors (Lipinski definition) is 3. The third kappa shape index (κ3) is 1.16. The molecule has 1 N–H and O–H groups in total. The monoisotopic (exact) mass is 188 g/mol. The fraction of sp³-hybridized carbons (Fsp3) is 0.364. The van der Waals surface area contributed by atoms with E-state index in [1.807, 2.05) is 24.3 Å². The second-order valence-electron chi connectivity index (χ2n) is 3.80. The average Bonchev–Trinajstić information content (AvgIpc) is 2.55. The highest BCUT2D eigenvalue weighted by atomic mass is 16.5. The van der Waals surface area contributed by atoms with Crippen LogP contribution in [-0.2, 0) is 0 Å². The molecule has 1 heterocycles. The molecule has 0 amide bonds. The minimum absolute atomic E-state index is 0.600. The van der Waals surface area contributed by atoms with Crippen molar-refractivity contribution in [1.29, 1.82) is 0 Å². The van der Waals surface area contributed by atoms with Crippen LogP contribution in [-0.4, -0.2) is 11.2 Å². The Balaban J connectivity index is 1.95. The zero-order chi connectivity index (χ0) is 9.38. The summed E-state index contributed by atoms with van der Waals surface area (Å²) in [6.45, 7) is 0. The maximum absolute atomic E-state index is 5.21. The first-order valence-corrected chi connectivity index (χ1v) is 5.04. The van der Waals surface area contributed by atoms with Crippen molar-refractivity contribution in [2.75, 3.05) is 5.32 Å². The SMILES string of the molecule is c1ccc2c(NC3CCC3)noc2c1. The smallest absolute Gasteiger partial charge is 0.177 e. The van der Waals surface area contributed by atoms with Crippen LogP contribution in [0.3, 0.4) is 0 Å². The first-order chi connectivity index (χ1) is 6.93. The first kappa shape index (κ1) is 7.85. The standard InChI is InChI=1S/C11H12N2O/c1-2-7-10-9(6-1)11(13-14-10)12-8-4-3-5-8/h1-2,6-8H,3-5H2,(H,12,13). The molecule has 3 heteroatoms. The van der Waals surface area contributed by atoms with E-state index in [-0.39, 0.29) is 0 Å². The van der Waals surface area contributed by atoms with Gasteiger partial charge in [0.2, 0.25) is 0 Å². The van der Waals surface area contributed by atoms with Crippen molar-refractivity contribution < 1.29 is 4.52 Å². The maximum atomic E-state index is 5.21. The van der Waals surface area contributed by atoms with E-state index in [0.717, 1.165) is 16.8 Å². The molecule has 1 aliphatic carbocycles. The largest absolute Gasteiger partial charge is 0.364 e. The Hall–Kier alpha value is -1.51. The van der Waals surface area contributed by atoms with Crippen LogP contribution < -0.4 is 5.32 Å². The lowest BCUT2D eigenvalue weighted by Crippen LogP contribution is -2.27. The van der Waals surface area contributed by atoms with E-state index in [2.05, 4.69) is 10.5 Å². The van der Waals surface area contributed by atoms with Crippen LogP contribution in [0.4, 0.5) is 5.82 Å². The number of rotatable bonds is 2. The fourth-order valence-corrected chi connectivity index (χ4v) is 1.74. The van der Waals surface area contributed by atoms with Crippen LogP contribution >= 0.6 is 0 Å². The number of para-hydroxylation sites is 1. The summed E-state index contributed by atoms with van der Waals surface area (Å²) >= 11 is 0. The van der Waals surface area contributed by atoms with E-state index in [4.69, 9.17) is 4.52 Å². The van der Waals surface area contributed by atoms with Crippen LogP contribution in [0.25, 0.3) is 11.0 Å². The zero-order valence-electron chi connectivity index (χ0n) is 7.86. The minimum atomic E-state index is 0.600. The van der Waals surface area contributed by atoms with Gasteiger partial charge in [-0.25, -0.2) is 0 Å². The van der Waals surface area contributed by atoms with Gasteiger partial charge in [0.15, 0.2) is 11.4 Å². The summed E-state index contributed by atoms with van der Waals surface area (Å²) in [5.74, 6) is 0.894. The van der Waals surface area contributed by atoms with Gasteiger partial charge in [-0.2, -0.15) is 0 Å². The Morgan fingerprint density at radius 2 is 2.14 bits per heavy atom. The molecule has 3 nitrogen and oxygen atoms in total. The molecule has 72 valence electrons. The number of hydrogen-bond donors (Lipinski definition) is 1. The summed E-state index contributed by atoms with van der Waals surface area (Å²) in [6, 6.07) is 8.54. The summed E-state index contributed by atoms with van der Waals surface area (Å²) in [4.78, 5) is 0.